The van der Waals surface area contributed by atoms with Gasteiger partial charge in [-0.1, -0.05) is 13.8 Å². The summed E-state index contributed by atoms with van der Waals surface area (Å²) in [6.45, 7) is 3.43. The third-order valence-corrected chi connectivity index (χ3v) is 4.91. The van der Waals surface area contributed by atoms with Gasteiger partial charge in [-0.25, -0.2) is 13.2 Å². The van der Waals surface area contributed by atoms with Crippen LogP contribution < -0.4 is 16.6 Å². The number of urea groups is 1. The number of rotatable bonds is 6. The van der Waals surface area contributed by atoms with E-state index in [9.17, 15) is 22.8 Å². The number of hydrogen-bond donors (Lipinski definition) is 2. The van der Waals surface area contributed by atoms with E-state index in [0.29, 0.717) is 0 Å². The topological polar surface area (TPSA) is 132 Å². The zero-order valence-corrected chi connectivity index (χ0v) is 13.1. The second kappa shape index (κ2) is 7.18. The predicted molar refractivity (Wildman–Crippen MR) is 78.5 cm³/mol. The number of carbonyl (C=O) groups excluding carboxylic acids is 2. The maximum atomic E-state index is 12.4. The molecule has 0 aliphatic rings. The van der Waals surface area contributed by atoms with Crippen molar-refractivity contribution in [3.8, 4) is 0 Å². The predicted octanol–water partition coefficient (Wildman–Crippen LogP) is -0.926. The number of pyridine rings is 1. The Morgan fingerprint density at radius 2 is 1.86 bits per heavy atom. The van der Waals surface area contributed by atoms with Crippen molar-refractivity contribution in [2.24, 2.45) is 5.73 Å². The fourth-order valence-corrected chi connectivity index (χ4v) is 3.31. The Bertz CT molecular complexity index is 721. The summed E-state index contributed by atoms with van der Waals surface area (Å²) in [6.07, 6.45) is 1.07. The Balaban J connectivity index is 3.17. The Morgan fingerprint density at radius 1 is 1.27 bits per heavy atom. The summed E-state index contributed by atoms with van der Waals surface area (Å²) in [5.74, 6) is -0.813. The molecule has 0 spiro atoms. The summed E-state index contributed by atoms with van der Waals surface area (Å²) in [5, 5.41) is 1.80. The molecule has 0 aliphatic heterocycles. The Morgan fingerprint density at radius 3 is 2.36 bits per heavy atom. The molecule has 1 rings (SSSR count). The van der Waals surface area contributed by atoms with Crippen molar-refractivity contribution in [1.82, 2.24) is 14.2 Å². The Hall–Kier alpha value is -2.20. The van der Waals surface area contributed by atoms with Crippen LogP contribution in [-0.4, -0.2) is 42.3 Å². The Labute approximate surface area is 127 Å². The largest absolute Gasteiger partial charge is 0.351 e. The molecule has 0 unspecified atom stereocenters. The Kier molecular flexibility index (Phi) is 5.83. The quantitative estimate of drug-likeness (QED) is 0.696. The second-order valence-corrected chi connectivity index (χ2v) is 6.27. The van der Waals surface area contributed by atoms with Gasteiger partial charge in [0.1, 0.15) is 6.54 Å². The first-order chi connectivity index (χ1) is 10.2. The van der Waals surface area contributed by atoms with E-state index in [2.05, 4.69) is 0 Å². The number of nitrogens with two attached hydrogens (primary N) is 1. The highest BCUT2D eigenvalue weighted by molar-refractivity contribution is 7.89. The van der Waals surface area contributed by atoms with Crippen LogP contribution in [0.2, 0.25) is 0 Å². The number of amides is 3. The standard InChI is InChI=1S/C12H18N4O5S/c1-3-16(4-2)22(20,21)9-5-6-11(18)15(7-9)8-10(17)14-12(13)19/h5-7H,3-4,8H2,1-2H3,(H3,13,14,17,19). The van der Waals surface area contributed by atoms with Crippen molar-refractivity contribution >= 4 is 22.0 Å². The number of hydrogen-bond acceptors (Lipinski definition) is 5. The maximum absolute atomic E-state index is 12.4. The third-order valence-electron chi connectivity index (χ3n) is 2.88. The summed E-state index contributed by atoms with van der Waals surface area (Å²) in [4.78, 5) is 33.6. The van der Waals surface area contributed by atoms with Crippen molar-refractivity contribution in [2.45, 2.75) is 25.3 Å². The van der Waals surface area contributed by atoms with Gasteiger partial charge in [0.2, 0.25) is 15.9 Å². The molecule has 1 aromatic rings. The van der Waals surface area contributed by atoms with Crippen LogP contribution in [-0.2, 0) is 21.4 Å². The minimum absolute atomic E-state index is 0.109. The van der Waals surface area contributed by atoms with E-state index in [0.717, 1.165) is 16.8 Å². The summed E-state index contributed by atoms with van der Waals surface area (Å²) in [6, 6.07) is 1.18. The molecule has 0 aliphatic carbocycles. The summed E-state index contributed by atoms with van der Waals surface area (Å²) in [7, 11) is -3.75. The lowest BCUT2D eigenvalue weighted by Crippen LogP contribution is -2.39. The summed E-state index contributed by atoms with van der Waals surface area (Å²) in [5.41, 5.74) is 4.23. The van der Waals surface area contributed by atoms with Gasteiger partial charge < -0.3 is 10.3 Å². The lowest BCUT2D eigenvalue weighted by atomic mass is 10.4. The summed E-state index contributed by atoms with van der Waals surface area (Å²) < 4.78 is 26.8. The van der Waals surface area contributed by atoms with Gasteiger partial charge in [0.15, 0.2) is 0 Å². The molecular weight excluding hydrogens is 312 g/mol. The monoisotopic (exact) mass is 330 g/mol. The molecule has 0 atom stereocenters. The number of aromatic nitrogens is 1. The molecule has 3 N–H and O–H groups in total. The molecule has 0 saturated carbocycles. The van der Waals surface area contributed by atoms with Crippen LogP contribution in [0.3, 0.4) is 0 Å². The second-order valence-electron chi connectivity index (χ2n) is 4.33. The molecule has 0 saturated heterocycles. The number of carbonyl (C=O) groups is 2. The van der Waals surface area contributed by atoms with E-state index in [1.54, 1.807) is 19.2 Å². The van der Waals surface area contributed by atoms with Crippen LogP contribution in [0.1, 0.15) is 13.8 Å². The third kappa shape index (κ3) is 4.15. The number of imide groups is 1. The summed E-state index contributed by atoms with van der Waals surface area (Å²) >= 11 is 0. The zero-order valence-electron chi connectivity index (χ0n) is 12.3. The number of primary amides is 1. The van der Waals surface area contributed by atoms with Crippen LogP contribution in [0, 0.1) is 0 Å². The van der Waals surface area contributed by atoms with Crippen LogP contribution in [0.15, 0.2) is 28.0 Å². The van der Waals surface area contributed by atoms with Gasteiger partial charge in [-0.05, 0) is 6.07 Å². The van der Waals surface area contributed by atoms with Gasteiger partial charge in [-0.2, -0.15) is 4.31 Å². The number of sulfonamides is 1. The normalized spacial score (nSPS) is 11.4. The van der Waals surface area contributed by atoms with E-state index in [1.165, 1.54) is 10.4 Å². The first-order valence-electron chi connectivity index (χ1n) is 6.52. The lowest BCUT2D eigenvalue weighted by molar-refractivity contribution is -0.120. The number of nitrogens with zero attached hydrogens (tertiary/aromatic N) is 2. The molecule has 0 bridgehead atoms. The van der Waals surface area contributed by atoms with Crippen molar-refractivity contribution in [1.29, 1.82) is 0 Å². The van der Waals surface area contributed by atoms with Crippen molar-refractivity contribution in [3.05, 3.63) is 28.7 Å². The molecule has 0 aromatic carbocycles. The fourth-order valence-electron chi connectivity index (χ4n) is 1.83. The number of nitrogens with one attached hydrogen (secondary N) is 1. The minimum atomic E-state index is -3.75. The first-order valence-corrected chi connectivity index (χ1v) is 7.96. The van der Waals surface area contributed by atoms with Gasteiger partial charge in [-0.15, -0.1) is 0 Å². The molecule has 22 heavy (non-hydrogen) atoms. The molecule has 10 heteroatoms. The zero-order chi connectivity index (χ0) is 16.9. The maximum Gasteiger partial charge on any atom is 0.318 e. The molecule has 0 radical (unpaired) electrons. The average molecular weight is 330 g/mol. The van der Waals surface area contributed by atoms with E-state index in [1.807, 2.05) is 0 Å². The van der Waals surface area contributed by atoms with Gasteiger partial charge in [0.05, 0.1) is 4.90 Å². The molecule has 1 aromatic heterocycles. The van der Waals surface area contributed by atoms with E-state index in [-0.39, 0.29) is 18.0 Å². The lowest BCUT2D eigenvalue weighted by Gasteiger charge is -2.18. The van der Waals surface area contributed by atoms with Crippen LogP contribution >= 0.6 is 0 Å². The molecule has 9 nitrogen and oxygen atoms in total. The first kappa shape index (κ1) is 17.9. The van der Waals surface area contributed by atoms with E-state index >= 15 is 0 Å². The van der Waals surface area contributed by atoms with Gasteiger partial charge in [-0.3, -0.25) is 14.9 Å². The van der Waals surface area contributed by atoms with Gasteiger partial charge >= 0.3 is 6.03 Å². The molecule has 0 fully saturated rings. The highest BCUT2D eigenvalue weighted by Gasteiger charge is 2.22. The van der Waals surface area contributed by atoms with E-state index < -0.39 is 34.1 Å². The van der Waals surface area contributed by atoms with Crippen LogP contribution in [0.5, 0.6) is 0 Å². The molecule has 122 valence electrons. The average Bonchev–Trinajstić information content (AvgIpc) is 2.41. The smallest absolute Gasteiger partial charge is 0.318 e. The highest BCUT2D eigenvalue weighted by Crippen LogP contribution is 2.13. The molecule has 1 heterocycles. The van der Waals surface area contributed by atoms with Gasteiger partial charge in [0.25, 0.3) is 5.56 Å². The fraction of sp³-hybridized carbons (Fsp3) is 0.417. The highest BCUT2D eigenvalue weighted by atomic mass is 32.2. The van der Waals surface area contributed by atoms with E-state index in [4.69, 9.17) is 5.73 Å². The van der Waals surface area contributed by atoms with Crippen LogP contribution in [0.4, 0.5) is 4.79 Å². The van der Waals surface area contributed by atoms with Crippen LogP contribution in [0.25, 0.3) is 0 Å². The van der Waals surface area contributed by atoms with Crippen molar-refractivity contribution < 1.29 is 18.0 Å². The van der Waals surface area contributed by atoms with Crippen molar-refractivity contribution in [3.63, 3.8) is 0 Å². The molecular formula is C12H18N4O5S. The van der Waals surface area contributed by atoms with Gasteiger partial charge in [0, 0.05) is 25.4 Å². The molecule has 3 amide bonds. The minimum Gasteiger partial charge on any atom is -0.351 e. The SMILES string of the molecule is CCN(CC)S(=O)(=O)c1ccc(=O)n(CC(=O)NC(N)=O)c1. The van der Waals surface area contributed by atoms with Crippen molar-refractivity contribution in [2.75, 3.05) is 13.1 Å².